The lowest BCUT2D eigenvalue weighted by molar-refractivity contribution is 1.17. The highest BCUT2D eigenvalue weighted by Crippen LogP contribution is 2.20. The van der Waals surface area contributed by atoms with Crippen LogP contribution in [-0.4, -0.2) is 11.5 Å². The quantitative estimate of drug-likeness (QED) is 0.804. The summed E-state index contributed by atoms with van der Waals surface area (Å²) in [5.41, 5.74) is 3.63. The maximum absolute atomic E-state index is 4.58. The molecule has 0 atom stereocenters. The van der Waals surface area contributed by atoms with E-state index >= 15 is 0 Å². The van der Waals surface area contributed by atoms with E-state index in [1.165, 1.54) is 16.5 Å². The third-order valence-corrected chi connectivity index (χ3v) is 2.52. The topological polar surface area (TPSA) is 24.9 Å². The van der Waals surface area contributed by atoms with Gasteiger partial charge in [0.05, 0.1) is 5.52 Å². The van der Waals surface area contributed by atoms with Crippen molar-refractivity contribution in [3.8, 4) is 0 Å². The van der Waals surface area contributed by atoms with Crippen molar-refractivity contribution in [2.45, 2.75) is 20.8 Å². The Bertz CT molecular complexity index is 489. The SMILES string of the molecule is CCNc1ccc2c(C)cc(C)cc2n1. The Kier molecular flexibility index (Phi) is 2.58. The predicted octanol–water partition coefficient (Wildman–Crippen LogP) is 3.28. The molecule has 1 N–H and O–H groups in total. The van der Waals surface area contributed by atoms with E-state index in [0.717, 1.165) is 17.9 Å². The van der Waals surface area contributed by atoms with Crippen LogP contribution in [0, 0.1) is 13.8 Å². The third-order valence-electron chi connectivity index (χ3n) is 2.52. The zero-order valence-electron chi connectivity index (χ0n) is 9.46. The summed E-state index contributed by atoms with van der Waals surface area (Å²) in [6.45, 7) is 7.22. The van der Waals surface area contributed by atoms with Crippen LogP contribution < -0.4 is 5.32 Å². The number of benzene rings is 1. The largest absolute Gasteiger partial charge is 0.370 e. The summed E-state index contributed by atoms with van der Waals surface area (Å²) >= 11 is 0. The molecule has 78 valence electrons. The van der Waals surface area contributed by atoms with Gasteiger partial charge in [0.1, 0.15) is 5.82 Å². The highest BCUT2D eigenvalue weighted by molar-refractivity contribution is 5.84. The lowest BCUT2D eigenvalue weighted by Crippen LogP contribution is -1.99. The molecule has 2 rings (SSSR count). The molecule has 1 aromatic carbocycles. The van der Waals surface area contributed by atoms with Gasteiger partial charge >= 0.3 is 0 Å². The minimum Gasteiger partial charge on any atom is -0.370 e. The molecule has 2 nitrogen and oxygen atoms in total. The molecule has 0 aliphatic rings. The molecular formula is C13H16N2. The van der Waals surface area contributed by atoms with Crippen molar-refractivity contribution >= 4 is 16.7 Å². The molecule has 0 amide bonds. The van der Waals surface area contributed by atoms with Gasteiger partial charge in [0.25, 0.3) is 0 Å². The second kappa shape index (κ2) is 3.89. The van der Waals surface area contributed by atoms with E-state index in [9.17, 15) is 0 Å². The number of anilines is 1. The number of aromatic nitrogens is 1. The normalized spacial score (nSPS) is 10.6. The van der Waals surface area contributed by atoms with Gasteiger partial charge in [-0.2, -0.15) is 0 Å². The number of nitrogens with one attached hydrogen (secondary N) is 1. The minimum atomic E-state index is 0.906. The van der Waals surface area contributed by atoms with E-state index in [1.54, 1.807) is 0 Å². The summed E-state index contributed by atoms with van der Waals surface area (Å²) in [4.78, 5) is 4.58. The van der Waals surface area contributed by atoms with Crippen LogP contribution in [0.4, 0.5) is 5.82 Å². The van der Waals surface area contributed by atoms with Gasteiger partial charge in [0.15, 0.2) is 0 Å². The minimum absolute atomic E-state index is 0.906. The Labute approximate surface area is 90.3 Å². The molecule has 1 aromatic heterocycles. The van der Waals surface area contributed by atoms with Gasteiger partial charge in [-0.15, -0.1) is 0 Å². The molecule has 0 fully saturated rings. The van der Waals surface area contributed by atoms with Gasteiger partial charge in [0, 0.05) is 11.9 Å². The standard InChI is InChI=1S/C13H16N2/c1-4-14-13-6-5-11-10(3)7-9(2)8-12(11)15-13/h5-8H,4H2,1-3H3,(H,14,15). The molecule has 0 unspecified atom stereocenters. The molecule has 0 saturated carbocycles. The van der Waals surface area contributed by atoms with Crippen molar-refractivity contribution in [3.63, 3.8) is 0 Å². The molecule has 0 bridgehead atoms. The van der Waals surface area contributed by atoms with E-state index in [4.69, 9.17) is 0 Å². The average Bonchev–Trinajstić information content (AvgIpc) is 2.17. The average molecular weight is 200 g/mol. The van der Waals surface area contributed by atoms with Gasteiger partial charge in [-0.05, 0) is 50.1 Å². The fraction of sp³-hybridized carbons (Fsp3) is 0.308. The Morgan fingerprint density at radius 2 is 2.00 bits per heavy atom. The fourth-order valence-corrected chi connectivity index (χ4v) is 1.87. The highest BCUT2D eigenvalue weighted by atomic mass is 15.0. The number of rotatable bonds is 2. The fourth-order valence-electron chi connectivity index (χ4n) is 1.87. The van der Waals surface area contributed by atoms with Crippen LogP contribution in [0.25, 0.3) is 10.9 Å². The number of hydrogen-bond donors (Lipinski definition) is 1. The smallest absolute Gasteiger partial charge is 0.126 e. The Balaban J connectivity index is 2.60. The van der Waals surface area contributed by atoms with Gasteiger partial charge in [0.2, 0.25) is 0 Å². The second-order valence-electron chi connectivity index (χ2n) is 3.88. The molecular weight excluding hydrogens is 184 g/mol. The Morgan fingerprint density at radius 3 is 2.73 bits per heavy atom. The highest BCUT2D eigenvalue weighted by Gasteiger charge is 2.01. The van der Waals surface area contributed by atoms with Crippen LogP contribution in [0.3, 0.4) is 0 Å². The van der Waals surface area contributed by atoms with Crippen LogP contribution in [0.1, 0.15) is 18.1 Å². The number of nitrogens with zero attached hydrogens (tertiary/aromatic N) is 1. The van der Waals surface area contributed by atoms with Crippen molar-refractivity contribution in [1.29, 1.82) is 0 Å². The van der Waals surface area contributed by atoms with Gasteiger partial charge in [-0.1, -0.05) is 6.07 Å². The van der Waals surface area contributed by atoms with Gasteiger partial charge in [-0.25, -0.2) is 4.98 Å². The maximum Gasteiger partial charge on any atom is 0.126 e. The first kappa shape index (κ1) is 9.97. The van der Waals surface area contributed by atoms with Crippen molar-refractivity contribution in [2.75, 3.05) is 11.9 Å². The van der Waals surface area contributed by atoms with Crippen LogP contribution in [0.2, 0.25) is 0 Å². The van der Waals surface area contributed by atoms with Crippen LogP contribution in [0.5, 0.6) is 0 Å². The second-order valence-corrected chi connectivity index (χ2v) is 3.88. The maximum atomic E-state index is 4.58. The first-order valence-electron chi connectivity index (χ1n) is 5.32. The molecule has 0 saturated heterocycles. The van der Waals surface area contributed by atoms with E-state index in [2.05, 4.69) is 49.3 Å². The first-order chi connectivity index (χ1) is 7.20. The Hall–Kier alpha value is -1.57. The van der Waals surface area contributed by atoms with Crippen molar-refractivity contribution in [3.05, 3.63) is 35.4 Å². The zero-order chi connectivity index (χ0) is 10.8. The van der Waals surface area contributed by atoms with Gasteiger partial charge < -0.3 is 5.32 Å². The predicted molar refractivity (Wildman–Crippen MR) is 65.4 cm³/mol. The summed E-state index contributed by atoms with van der Waals surface area (Å²) < 4.78 is 0. The summed E-state index contributed by atoms with van der Waals surface area (Å²) in [7, 11) is 0. The van der Waals surface area contributed by atoms with Gasteiger partial charge in [-0.3, -0.25) is 0 Å². The number of hydrogen-bond acceptors (Lipinski definition) is 2. The number of pyridine rings is 1. The van der Waals surface area contributed by atoms with Crippen LogP contribution in [-0.2, 0) is 0 Å². The molecule has 2 aromatic rings. The monoisotopic (exact) mass is 200 g/mol. The molecule has 0 aliphatic heterocycles. The van der Waals surface area contributed by atoms with E-state index in [-0.39, 0.29) is 0 Å². The van der Waals surface area contributed by atoms with Crippen molar-refractivity contribution < 1.29 is 0 Å². The number of aryl methyl sites for hydroxylation is 2. The van der Waals surface area contributed by atoms with Crippen LogP contribution in [0.15, 0.2) is 24.3 Å². The lowest BCUT2D eigenvalue weighted by atomic mass is 10.1. The van der Waals surface area contributed by atoms with Crippen molar-refractivity contribution in [2.24, 2.45) is 0 Å². The third kappa shape index (κ3) is 1.94. The molecule has 0 radical (unpaired) electrons. The lowest BCUT2D eigenvalue weighted by Gasteiger charge is -2.06. The summed E-state index contributed by atoms with van der Waals surface area (Å²) in [5, 5.41) is 4.47. The molecule has 15 heavy (non-hydrogen) atoms. The summed E-state index contributed by atoms with van der Waals surface area (Å²) in [6, 6.07) is 8.49. The van der Waals surface area contributed by atoms with Crippen molar-refractivity contribution in [1.82, 2.24) is 4.98 Å². The number of fused-ring (bicyclic) bond motifs is 1. The molecule has 0 aliphatic carbocycles. The molecule has 2 heteroatoms. The van der Waals surface area contributed by atoms with E-state index < -0.39 is 0 Å². The molecule has 1 heterocycles. The molecule has 0 spiro atoms. The Morgan fingerprint density at radius 1 is 1.20 bits per heavy atom. The summed E-state index contributed by atoms with van der Waals surface area (Å²) in [6.07, 6.45) is 0. The van der Waals surface area contributed by atoms with E-state index in [0.29, 0.717) is 0 Å². The summed E-state index contributed by atoms with van der Waals surface area (Å²) in [5.74, 6) is 0.954. The first-order valence-corrected chi connectivity index (χ1v) is 5.32. The zero-order valence-corrected chi connectivity index (χ0v) is 9.46. The van der Waals surface area contributed by atoms with E-state index in [1.807, 2.05) is 6.07 Å². The van der Waals surface area contributed by atoms with Crippen LogP contribution >= 0.6 is 0 Å².